The zero-order valence-corrected chi connectivity index (χ0v) is 14.3. The Morgan fingerprint density at radius 2 is 1.17 bits per heavy atom. The number of nitrogen functional groups attached to an aromatic ring is 1. The smallest absolute Gasteiger partial charge is 0.154 e. The number of rotatable bonds is 4. The molecule has 0 atom stereocenters. The van der Waals surface area contributed by atoms with Crippen LogP contribution in [0.1, 0.15) is 11.1 Å². The first-order valence-electron chi connectivity index (χ1n) is 7.59. The zero-order chi connectivity index (χ0) is 17.1. The lowest BCUT2D eigenvalue weighted by atomic mass is 10.2. The van der Waals surface area contributed by atoms with Gasteiger partial charge in [0.05, 0.1) is 10.7 Å². The lowest BCUT2D eigenvalue weighted by Gasteiger charge is -2.13. The van der Waals surface area contributed by atoms with Crippen LogP contribution in [0.4, 0.5) is 5.69 Å². The Morgan fingerprint density at radius 1 is 0.708 bits per heavy atom. The number of nitrogens with two attached hydrogens (primary N) is 1. The van der Waals surface area contributed by atoms with Crippen molar-refractivity contribution in [3.63, 3.8) is 0 Å². The van der Waals surface area contributed by atoms with E-state index in [9.17, 15) is 0 Å². The molecule has 3 rings (SSSR count). The first kappa shape index (κ1) is 16.2. The summed E-state index contributed by atoms with van der Waals surface area (Å²) < 4.78 is 11.7. The maximum Gasteiger partial charge on any atom is 0.154 e. The van der Waals surface area contributed by atoms with Crippen molar-refractivity contribution in [3.05, 3.63) is 76.8 Å². The van der Waals surface area contributed by atoms with E-state index in [0.717, 1.165) is 11.1 Å². The van der Waals surface area contributed by atoms with Crippen molar-refractivity contribution in [1.82, 2.24) is 0 Å². The molecule has 122 valence electrons. The third-order valence-corrected chi connectivity index (χ3v) is 3.86. The van der Waals surface area contributed by atoms with Crippen LogP contribution in [-0.2, 0) is 0 Å². The molecule has 3 aromatic rings. The quantitative estimate of drug-likeness (QED) is 0.582. The number of anilines is 1. The Labute approximate surface area is 146 Å². The highest BCUT2D eigenvalue weighted by atomic mass is 35.5. The molecule has 0 heterocycles. The van der Waals surface area contributed by atoms with E-state index in [4.69, 9.17) is 26.8 Å². The molecule has 0 amide bonds. The van der Waals surface area contributed by atoms with Gasteiger partial charge in [0.1, 0.15) is 17.2 Å². The van der Waals surface area contributed by atoms with Gasteiger partial charge >= 0.3 is 0 Å². The topological polar surface area (TPSA) is 44.5 Å². The predicted octanol–water partition coefficient (Wildman–Crippen LogP) is 6.12. The summed E-state index contributed by atoms with van der Waals surface area (Å²) in [5, 5.41) is 0.435. The van der Waals surface area contributed by atoms with Gasteiger partial charge in [0, 0.05) is 6.07 Å². The average Bonchev–Trinajstić information content (AvgIpc) is 2.56. The summed E-state index contributed by atoms with van der Waals surface area (Å²) in [6, 6.07) is 18.8. The normalized spacial score (nSPS) is 10.5. The third-order valence-electron chi connectivity index (χ3n) is 3.56. The fourth-order valence-electron chi connectivity index (χ4n) is 2.18. The summed E-state index contributed by atoms with van der Waals surface area (Å²) in [5.74, 6) is 2.41. The molecule has 0 aromatic heterocycles. The molecule has 0 unspecified atom stereocenters. The van der Waals surface area contributed by atoms with Crippen molar-refractivity contribution in [3.8, 4) is 23.0 Å². The van der Waals surface area contributed by atoms with Gasteiger partial charge in [-0.25, -0.2) is 0 Å². The van der Waals surface area contributed by atoms with Gasteiger partial charge in [-0.1, -0.05) is 47.0 Å². The van der Waals surface area contributed by atoms with Crippen molar-refractivity contribution in [2.24, 2.45) is 0 Å². The Hall–Kier alpha value is -2.65. The lowest BCUT2D eigenvalue weighted by molar-refractivity contribution is 0.462. The van der Waals surface area contributed by atoms with Crippen LogP contribution < -0.4 is 15.2 Å². The first-order valence-corrected chi connectivity index (χ1v) is 7.97. The van der Waals surface area contributed by atoms with Gasteiger partial charge in [0.2, 0.25) is 0 Å². The Bertz CT molecular complexity index is 774. The van der Waals surface area contributed by atoms with Crippen LogP contribution in [-0.4, -0.2) is 0 Å². The van der Waals surface area contributed by atoms with E-state index in [0.29, 0.717) is 33.7 Å². The van der Waals surface area contributed by atoms with Crippen LogP contribution in [0, 0.1) is 13.8 Å². The van der Waals surface area contributed by atoms with Crippen molar-refractivity contribution >= 4 is 17.3 Å². The molecule has 3 nitrogen and oxygen atoms in total. The van der Waals surface area contributed by atoms with Gasteiger partial charge in [-0.2, -0.15) is 0 Å². The van der Waals surface area contributed by atoms with Gasteiger partial charge in [0.25, 0.3) is 0 Å². The molecule has 0 aliphatic heterocycles. The minimum absolute atomic E-state index is 0.435. The summed E-state index contributed by atoms with van der Waals surface area (Å²) >= 11 is 6.25. The van der Waals surface area contributed by atoms with Crippen LogP contribution in [0.15, 0.2) is 60.7 Å². The third kappa shape index (κ3) is 3.81. The second-order valence-electron chi connectivity index (χ2n) is 5.65. The molecular weight excluding hydrogens is 322 g/mol. The molecule has 0 aliphatic rings. The molecule has 2 N–H and O–H groups in total. The maximum atomic E-state index is 6.25. The maximum absolute atomic E-state index is 6.25. The molecule has 0 fully saturated rings. The summed E-state index contributed by atoms with van der Waals surface area (Å²) in [7, 11) is 0. The fraction of sp³-hybridized carbons (Fsp3) is 0.100. The van der Waals surface area contributed by atoms with E-state index in [-0.39, 0.29) is 0 Å². The van der Waals surface area contributed by atoms with E-state index < -0.39 is 0 Å². The molecule has 3 aromatic carbocycles. The average molecular weight is 340 g/mol. The molecule has 0 aliphatic carbocycles. The zero-order valence-electron chi connectivity index (χ0n) is 13.5. The van der Waals surface area contributed by atoms with Crippen LogP contribution in [0.5, 0.6) is 23.0 Å². The second-order valence-corrected chi connectivity index (χ2v) is 6.06. The first-order chi connectivity index (χ1) is 11.5. The lowest BCUT2D eigenvalue weighted by Crippen LogP contribution is -1.94. The van der Waals surface area contributed by atoms with E-state index in [1.54, 1.807) is 12.1 Å². The molecule has 0 bridgehead atoms. The SMILES string of the molecule is Cc1ccc(Oc2cc(Oc3ccc(C)cc3)c(Cl)cc2N)cc1. The number of aryl methyl sites for hydroxylation is 2. The van der Waals surface area contributed by atoms with E-state index >= 15 is 0 Å². The molecule has 24 heavy (non-hydrogen) atoms. The van der Waals surface area contributed by atoms with Crippen LogP contribution in [0.25, 0.3) is 0 Å². The van der Waals surface area contributed by atoms with Gasteiger partial charge in [-0.05, 0) is 44.2 Å². The Morgan fingerprint density at radius 3 is 1.67 bits per heavy atom. The highest BCUT2D eigenvalue weighted by Crippen LogP contribution is 2.38. The van der Waals surface area contributed by atoms with Crippen LogP contribution in [0.3, 0.4) is 0 Å². The molecule has 0 radical (unpaired) electrons. The van der Waals surface area contributed by atoms with Gasteiger partial charge < -0.3 is 15.2 Å². The standard InChI is InChI=1S/C20H18ClNO2/c1-13-3-7-15(8-4-13)23-19-12-20(18(22)11-17(19)21)24-16-9-5-14(2)6-10-16/h3-12H,22H2,1-2H3. The molecule has 0 saturated carbocycles. The largest absolute Gasteiger partial charge is 0.456 e. The minimum Gasteiger partial charge on any atom is -0.456 e. The number of hydrogen-bond acceptors (Lipinski definition) is 3. The van der Waals surface area contributed by atoms with E-state index in [2.05, 4.69) is 0 Å². The van der Waals surface area contributed by atoms with Gasteiger partial charge in [-0.15, -0.1) is 0 Å². The minimum atomic E-state index is 0.435. The van der Waals surface area contributed by atoms with Gasteiger partial charge in [0.15, 0.2) is 5.75 Å². The van der Waals surface area contributed by atoms with E-state index in [1.807, 2.05) is 62.4 Å². The van der Waals surface area contributed by atoms with Crippen LogP contribution in [0.2, 0.25) is 5.02 Å². The Balaban J connectivity index is 1.87. The fourth-order valence-corrected chi connectivity index (χ4v) is 2.39. The predicted molar refractivity (Wildman–Crippen MR) is 98.4 cm³/mol. The molecule has 0 saturated heterocycles. The monoisotopic (exact) mass is 339 g/mol. The second kappa shape index (κ2) is 6.85. The van der Waals surface area contributed by atoms with E-state index in [1.165, 1.54) is 0 Å². The number of ether oxygens (including phenoxy) is 2. The molecule has 0 spiro atoms. The number of benzene rings is 3. The summed E-state index contributed by atoms with van der Waals surface area (Å²) in [5.41, 5.74) is 8.79. The molecule has 4 heteroatoms. The summed E-state index contributed by atoms with van der Waals surface area (Å²) in [6.07, 6.45) is 0. The number of halogens is 1. The number of hydrogen-bond donors (Lipinski definition) is 1. The van der Waals surface area contributed by atoms with Gasteiger partial charge in [-0.3, -0.25) is 0 Å². The summed E-state index contributed by atoms with van der Waals surface area (Å²) in [4.78, 5) is 0. The van der Waals surface area contributed by atoms with Crippen molar-refractivity contribution in [2.75, 3.05) is 5.73 Å². The molecular formula is C20H18ClNO2. The van der Waals surface area contributed by atoms with Crippen molar-refractivity contribution < 1.29 is 9.47 Å². The Kier molecular flexibility index (Phi) is 4.63. The van der Waals surface area contributed by atoms with Crippen molar-refractivity contribution in [2.45, 2.75) is 13.8 Å². The van der Waals surface area contributed by atoms with Crippen molar-refractivity contribution in [1.29, 1.82) is 0 Å². The van der Waals surface area contributed by atoms with Crippen LogP contribution >= 0.6 is 11.6 Å². The highest BCUT2D eigenvalue weighted by Gasteiger charge is 2.11. The highest BCUT2D eigenvalue weighted by molar-refractivity contribution is 6.32. The summed E-state index contributed by atoms with van der Waals surface area (Å²) in [6.45, 7) is 4.04.